The topological polar surface area (TPSA) is 57.5 Å². The number of aliphatic hydroxyl groups is 2. The van der Waals surface area contributed by atoms with Crippen molar-refractivity contribution < 1.29 is 15.0 Å². The summed E-state index contributed by atoms with van der Waals surface area (Å²) in [6, 6.07) is 0. The van der Waals surface area contributed by atoms with Crippen molar-refractivity contribution in [1.29, 1.82) is 0 Å². The Balaban J connectivity index is 3.49. The summed E-state index contributed by atoms with van der Waals surface area (Å²) < 4.78 is 0. The molecule has 0 radical (unpaired) electrons. The maximum absolute atomic E-state index is 11.6. The molecule has 0 aliphatic heterocycles. The van der Waals surface area contributed by atoms with Gasteiger partial charge in [-0.05, 0) is 51.4 Å². The Morgan fingerprint density at radius 3 is 1.81 bits per heavy atom. The molecule has 0 spiro atoms. The number of aliphatic hydroxyl groups excluding tert-OH is 2. The molecule has 0 heterocycles. The number of Topliss-reactive ketones (excluding diaryl/α,β-unsaturated/α-hetero) is 1. The fraction of sp³-hybridized carbons (Fsp3) is 0.625. The van der Waals surface area contributed by atoms with Gasteiger partial charge in [0.05, 0.1) is 12.7 Å². The summed E-state index contributed by atoms with van der Waals surface area (Å²) in [5.74, 6) is 0.165. The van der Waals surface area contributed by atoms with E-state index in [-0.39, 0.29) is 12.4 Å². The lowest BCUT2D eigenvalue weighted by molar-refractivity contribution is -0.119. The van der Waals surface area contributed by atoms with Crippen LogP contribution in [-0.4, -0.2) is 28.7 Å². The molecule has 0 fully saturated rings. The van der Waals surface area contributed by atoms with Gasteiger partial charge in [0, 0.05) is 12.8 Å². The minimum atomic E-state index is -0.762. The van der Waals surface area contributed by atoms with Gasteiger partial charge in [0.2, 0.25) is 0 Å². The van der Waals surface area contributed by atoms with E-state index >= 15 is 0 Å². The van der Waals surface area contributed by atoms with Crippen molar-refractivity contribution in [2.45, 2.75) is 90.1 Å². The summed E-state index contributed by atoms with van der Waals surface area (Å²) in [6.07, 6.45) is 27.9. The molecular weight excluding hydrogens is 336 g/mol. The van der Waals surface area contributed by atoms with Gasteiger partial charge in [-0.25, -0.2) is 0 Å². The lowest BCUT2D eigenvalue weighted by Gasteiger charge is -2.05. The van der Waals surface area contributed by atoms with Gasteiger partial charge in [-0.2, -0.15) is 0 Å². The van der Waals surface area contributed by atoms with Crippen molar-refractivity contribution >= 4 is 5.78 Å². The van der Waals surface area contributed by atoms with Gasteiger partial charge in [-0.15, -0.1) is 0 Å². The van der Waals surface area contributed by atoms with Crippen LogP contribution >= 0.6 is 0 Å². The number of unbranched alkanes of at least 4 members (excludes halogenated alkanes) is 4. The number of carbonyl (C=O) groups excluding carboxylic acids is 1. The molecule has 27 heavy (non-hydrogen) atoms. The van der Waals surface area contributed by atoms with Gasteiger partial charge in [0.15, 0.2) is 0 Å². The molecule has 3 nitrogen and oxygen atoms in total. The normalized spacial score (nSPS) is 13.6. The zero-order chi connectivity index (χ0) is 20.0. The van der Waals surface area contributed by atoms with Gasteiger partial charge in [-0.3, -0.25) is 4.79 Å². The number of hydrogen-bond donors (Lipinski definition) is 2. The molecule has 0 aliphatic carbocycles. The number of hydrogen-bond acceptors (Lipinski definition) is 3. The number of carbonyl (C=O) groups is 1. The molecule has 0 aromatic carbocycles. The molecular formula is C24H40O3. The van der Waals surface area contributed by atoms with Gasteiger partial charge in [0.25, 0.3) is 0 Å². The van der Waals surface area contributed by atoms with E-state index in [1.54, 1.807) is 0 Å². The third-order valence-electron chi connectivity index (χ3n) is 4.25. The molecule has 0 bridgehead atoms. The van der Waals surface area contributed by atoms with Crippen molar-refractivity contribution in [2.24, 2.45) is 0 Å². The van der Waals surface area contributed by atoms with Gasteiger partial charge in [-0.1, -0.05) is 68.4 Å². The van der Waals surface area contributed by atoms with Crippen molar-refractivity contribution in [3.05, 3.63) is 48.6 Å². The van der Waals surface area contributed by atoms with Gasteiger partial charge in [0.1, 0.15) is 5.78 Å². The smallest absolute Gasteiger partial charge is 0.133 e. The Labute approximate surface area is 166 Å². The van der Waals surface area contributed by atoms with E-state index in [2.05, 4.69) is 55.5 Å². The van der Waals surface area contributed by atoms with Crippen molar-refractivity contribution in [1.82, 2.24) is 0 Å². The Hall–Kier alpha value is -1.45. The van der Waals surface area contributed by atoms with Crippen molar-refractivity contribution in [3.8, 4) is 0 Å². The zero-order valence-corrected chi connectivity index (χ0v) is 17.2. The fourth-order valence-electron chi connectivity index (χ4n) is 2.52. The third-order valence-corrected chi connectivity index (χ3v) is 4.25. The molecule has 0 aromatic heterocycles. The molecule has 2 N–H and O–H groups in total. The van der Waals surface area contributed by atoms with E-state index in [0.29, 0.717) is 19.3 Å². The van der Waals surface area contributed by atoms with E-state index in [4.69, 9.17) is 5.11 Å². The van der Waals surface area contributed by atoms with Crippen LogP contribution in [0.25, 0.3) is 0 Å². The van der Waals surface area contributed by atoms with Gasteiger partial charge >= 0.3 is 0 Å². The van der Waals surface area contributed by atoms with E-state index in [9.17, 15) is 9.90 Å². The van der Waals surface area contributed by atoms with Crippen LogP contribution in [0.4, 0.5) is 0 Å². The first kappa shape index (κ1) is 25.6. The molecule has 0 rings (SSSR count). The Bertz CT molecular complexity index is 447. The highest BCUT2D eigenvalue weighted by Crippen LogP contribution is 2.05. The van der Waals surface area contributed by atoms with E-state index < -0.39 is 6.10 Å². The van der Waals surface area contributed by atoms with Crippen LogP contribution in [0.2, 0.25) is 0 Å². The SMILES string of the molecule is CCCCCC=CCC=CCC=CCC=CCCCC(=O)CCC(O)CO. The molecule has 0 amide bonds. The second kappa shape index (κ2) is 20.9. The summed E-state index contributed by atoms with van der Waals surface area (Å²) in [5, 5.41) is 17.9. The quantitative estimate of drug-likeness (QED) is 0.233. The van der Waals surface area contributed by atoms with Crippen LogP contribution < -0.4 is 0 Å². The van der Waals surface area contributed by atoms with E-state index in [0.717, 1.165) is 32.1 Å². The third kappa shape index (κ3) is 20.7. The van der Waals surface area contributed by atoms with Crippen LogP contribution in [0.15, 0.2) is 48.6 Å². The first-order chi connectivity index (χ1) is 13.2. The zero-order valence-electron chi connectivity index (χ0n) is 17.2. The van der Waals surface area contributed by atoms with E-state index in [1.807, 2.05) is 0 Å². The predicted octanol–water partition coefficient (Wildman–Crippen LogP) is 5.83. The predicted molar refractivity (Wildman–Crippen MR) is 116 cm³/mol. The number of allylic oxidation sites excluding steroid dienone is 8. The molecule has 3 heteroatoms. The highest BCUT2D eigenvalue weighted by atomic mass is 16.3. The maximum atomic E-state index is 11.6. The number of rotatable bonds is 18. The average molecular weight is 377 g/mol. The monoisotopic (exact) mass is 376 g/mol. The summed E-state index contributed by atoms with van der Waals surface area (Å²) in [6.45, 7) is 1.96. The van der Waals surface area contributed by atoms with Crippen LogP contribution in [0.1, 0.15) is 84.0 Å². The first-order valence-electron chi connectivity index (χ1n) is 10.6. The minimum absolute atomic E-state index is 0.165. The Morgan fingerprint density at radius 2 is 1.30 bits per heavy atom. The molecule has 1 unspecified atom stereocenters. The Kier molecular flexibility index (Phi) is 19.7. The lowest BCUT2D eigenvalue weighted by Crippen LogP contribution is -2.13. The number of ketones is 1. The summed E-state index contributed by atoms with van der Waals surface area (Å²) in [7, 11) is 0. The van der Waals surface area contributed by atoms with Crippen LogP contribution in [0.5, 0.6) is 0 Å². The highest BCUT2D eigenvalue weighted by molar-refractivity contribution is 5.78. The summed E-state index contributed by atoms with van der Waals surface area (Å²) in [4.78, 5) is 11.6. The largest absolute Gasteiger partial charge is 0.394 e. The van der Waals surface area contributed by atoms with Crippen LogP contribution in [0, 0.1) is 0 Å². The summed E-state index contributed by atoms with van der Waals surface area (Å²) in [5.41, 5.74) is 0. The first-order valence-corrected chi connectivity index (χ1v) is 10.6. The summed E-state index contributed by atoms with van der Waals surface area (Å²) >= 11 is 0. The van der Waals surface area contributed by atoms with Crippen molar-refractivity contribution in [3.63, 3.8) is 0 Å². The van der Waals surface area contributed by atoms with Gasteiger partial charge < -0.3 is 10.2 Å². The molecule has 1 atom stereocenters. The molecule has 154 valence electrons. The Morgan fingerprint density at radius 1 is 0.778 bits per heavy atom. The highest BCUT2D eigenvalue weighted by Gasteiger charge is 2.06. The van der Waals surface area contributed by atoms with E-state index in [1.165, 1.54) is 25.7 Å². The molecule has 0 aliphatic rings. The second-order valence-corrected chi connectivity index (χ2v) is 6.89. The molecule has 0 saturated carbocycles. The average Bonchev–Trinajstić information content (AvgIpc) is 2.68. The lowest BCUT2D eigenvalue weighted by atomic mass is 10.1. The standard InChI is InChI=1S/C24H40O3/c1-2-3-4-5-6-7-8-9-10-11-12-13-14-15-16-17-18-19-23(26)20-21-24(27)22-25/h6-7,9-10,12-13,15-16,24-25,27H,2-5,8,11,14,17-22H2,1H3. The van der Waals surface area contributed by atoms with Crippen molar-refractivity contribution in [2.75, 3.05) is 6.61 Å². The van der Waals surface area contributed by atoms with Crippen LogP contribution in [-0.2, 0) is 4.79 Å². The minimum Gasteiger partial charge on any atom is -0.394 e. The fourth-order valence-corrected chi connectivity index (χ4v) is 2.52. The van der Waals surface area contributed by atoms with Crippen LogP contribution in [0.3, 0.4) is 0 Å². The molecule has 0 saturated heterocycles. The second-order valence-electron chi connectivity index (χ2n) is 6.89. The molecule has 0 aromatic rings. The maximum Gasteiger partial charge on any atom is 0.133 e.